The second-order valence-corrected chi connectivity index (χ2v) is 7.58. The lowest BCUT2D eigenvalue weighted by atomic mass is 10.0. The van der Waals surface area contributed by atoms with Gasteiger partial charge in [-0.3, -0.25) is 9.89 Å². The third-order valence-corrected chi connectivity index (χ3v) is 5.73. The summed E-state index contributed by atoms with van der Waals surface area (Å²) in [6.45, 7) is 12.1. The first-order valence-corrected chi connectivity index (χ1v) is 10.5. The number of anilines is 1. The van der Waals surface area contributed by atoms with Gasteiger partial charge in [0.2, 0.25) is 0 Å². The molecule has 0 spiro atoms. The van der Waals surface area contributed by atoms with Crippen LogP contribution in [0, 0.1) is 0 Å². The molecule has 1 aromatic carbocycles. The molecule has 1 aromatic rings. The number of hydrogen-bond acceptors (Lipinski definition) is 4. The summed E-state index contributed by atoms with van der Waals surface area (Å²) in [5.74, 6) is 1.39. The molecule has 1 atom stereocenters. The summed E-state index contributed by atoms with van der Waals surface area (Å²) in [7, 11) is 0. The molecule has 158 valence electrons. The number of para-hydroxylation sites is 2. The Hall–Kier alpha value is -1.22. The predicted molar refractivity (Wildman–Crippen MR) is 128 cm³/mol. The average molecular weight is 501 g/mol. The number of rotatable bonds is 5. The molecule has 2 heterocycles. The first-order valence-electron chi connectivity index (χ1n) is 10.5. The molecule has 2 fully saturated rings. The number of likely N-dealkylation sites (tertiary alicyclic amines) is 1. The van der Waals surface area contributed by atoms with Crippen LogP contribution in [0.15, 0.2) is 29.3 Å². The molecule has 3 rings (SSSR count). The van der Waals surface area contributed by atoms with Gasteiger partial charge in [-0.15, -0.1) is 24.0 Å². The summed E-state index contributed by atoms with van der Waals surface area (Å²) in [6, 6.07) is 8.29. The van der Waals surface area contributed by atoms with Crippen LogP contribution >= 0.6 is 24.0 Å². The molecule has 2 aliphatic heterocycles. The van der Waals surface area contributed by atoms with Gasteiger partial charge in [0, 0.05) is 45.3 Å². The summed E-state index contributed by atoms with van der Waals surface area (Å²) in [5, 5.41) is 13.5. The highest BCUT2D eigenvalue weighted by Gasteiger charge is 2.22. The average Bonchev–Trinajstić information content (AvgIpc) is 2.69. The number of guanidine groups is 1. The van der Waals surface area contributed by atoms with Crippen LogP contribution in [0.5, 0.6) is 5.75 Å². The zero-order valence-corrected chi connectivity index (χ0v) is 19.6. The van der Waals surface area contributed by atoms with Gasteiger partial charge in [0.05, 0.1) is 12.2 Å². The van der Waals surface area contributed by atoms with Crippen molar-refractivity contribution in [2.24, 2.45) is 4.99 Å². The fourth-order valence-electron chi connectivity index (χ4n) is 4.09. The van der Waals surface area contributed by atoms with Crippen molar-refractivity contribution in [2.75, 3.05) is 57.3 Å². The van der Waals surface area contributed by atoms with E-state index in [4.69, 9.17) is 4.99 Å². The quantitative estimate of drug-likeness (QED) is 0.369. The number of nitrogens with zero attached hydrogens (tertiary/aromatic N) is 4. The largest absolute Gasteiger partial charge is 0.506 e. The third-order valence-electron chi connectivity index (χ3n) is 5.73. The van der Waals surface area contributed by atoms with E-state index in [1.807, 2.05) is 18.2 Å². The molecule has 2 saturated heterocycles. The highest BCUT2D eigenvalue weighted by Crippen LogP contribution is 2.27. The number of halogens is 1. The Morgan fingerprint density at radius 2 is 1.89 bits per heavy atom. The fourth-order valence-corrected chi connectivity index (χ4v) is 4.09. The Bertz CT molecular complexity index is 619. The second-order valence-electron chi connectivity index (χ2n) is 7.58. The molecule has 0 bridgehead atoms. The predicted octanol–water partition coefficient (Wildman–Crippen LogP) is 2.97. The van der Waals surface area contributed by atoms with Crippen LogP contribution in [0.4, 0.5) is 5.69 Å². The van der Waals surface area contributed by atoms with Crippen molar-refractivity contribution in [3.8, 4) is 5.75 Å². The number of benzene rings is 1. The number of hydrogen-bond donors (Lipinski definition) is 2. The van der Waals surface area contributed by atoms with Crippen LogP contribution in [0.25, 0.3) is 0 Å². The van der Waals surface area contributed by atoms with Gasteiger partial charge in [-0.1, -0.05) is 18.6 Å². The number of nitrogens with one attached hydrogen (secondary N) is 1. The highest BCUT2D eigenvalue weighted by atomic mass is 127. The number of aromatic hydroxyl groups is 1. The second kappa shape index (κ2) is 11.7. The van der Waals surface area contributed by atoms with E-state index >= 15 is 0 Å². The molecule has 0 radical (unpaired) electrons. The number of piperidine rings is 1. The zero-order valence-electron chi connectivity index (χ0n) is 17.3. The van der Waals surface area contributed by atoms with E-state index in [1.165, 1.54) is 25.8 Å². The van der Waals surface area contributed by atoms with Gasteiger partial charge in [0.15, 0.2) is 5.96 Å². The van der Waals surface area contributed by atoms with Crippen LogP contribution < -0.4 is 10.2 Å². The molecule has 0 saturated carbocycles. The van der Waals surface area contributed by atoms with E-state index in [1.54, 1.807) is 6.07 Å². The van der Waals surface area contributed by atoms with Gasteiger partial charge in [0.25, 0.3) is 0 Å². The van der Waals surface area contributed by atoms with Crippen LogP contribution in [0.3, 0.4) is 0 Å². The van der Waals surface area contributed by atoms with Crippen molar-refractivity contribution < 1.29 is 5.11 Å². The Balaban J connectivity index is 0.00000280. The van der Waals surface area contributed by atoms with E-state index < -0.39 is 0 Å². The number of phenols is 1. The van der Waals surface area contributed by atoms with Crippen LogP contribution in [0.2, 0.25) is 0 Å². The van der Waals surface area contributed by atoms with Crippen molar-refractivity contribution >= 4 is 35.6 Å². The molecule has 28 heavy (non-hydrogen) atoms. The summed E-state index contributed by atoms with van der Waals surface area (Å²) in [5.41, 5.74) is 0.929. The molecule has 0 amide bonds. The number of phenolic OH excluding ortho intramolecular Hbond substituents is 1. The maximum Gasteiger partial charge on any atom is 0.194 e. The standard InChI is InChI=1S/C21H35N5O.HI/c1-3-22-21(23-11-13-24-12-7-6-8-18(24)2)26-16-14-25(15-17-26)19-9-4-5-10-20(19)27;/h4-5,9-10,18,27H,3,6-8,11-17H2,1-2H3,(H,22,23);1H. The lowest BCUT2D eigenvalue weighted by Crippen LogP contribution is -2.52. The third kappa shape index (κ3) is 6.14. The van der Waals surface area contributed by atoms with Gasteiger partial charge < -0.3 is 20.2 Å². The minimum atomic E-state index is 0. The maximum atomic E-state index is 10.1. The molecule has 2 aliphatic rings. The zero-order chi connectivity index (χ0) is 19.1. The molecule has 7 heteroatoms. The van der Waals surface area contributed by atoms with Crippen molar-refractivity contribution in [1.82, 2.24) is 15.1 Å². The van der Waals surface area contributed by atoms with Crippen LogP contribution in [0.1, 0.15) is 33.1 Å². The first-order chi connectivity index (χ1) is 13.2. The lowest BCUT2D eigenvalue weighted by Gasteiger charge is -2.38. The van der Waals surface area contributed by atoms with Crippen LogP contribution in [-0.4, -0.2) is 79.3 Å². The Morgan fingerprint density at radius 3 is 2.57 bits per heavy atom. The van der Waals surface area contributed by atoms with Crippen LogP contribution in [-0.2, 0) is 0 Å². The lowest BCUT2D eigenvalue weighted by molar-refractivity contribution is 0.165. The van der Waals surface area contributed by atoms with Gasteiger partial charge in [-0.25, -0.2) is 0 Å². The summed E-state index contributed by atoms with van der Waals surface area (Å²) in [6.07, 6.45) is 4.01. The van der Waals surface area contributed by atoms with E-state index in [-0.39, 0.29) is 24.0 Å². The number of piperazine rings is 1. The Morgan fingerprint density at radius 1 is 1.14 bits per heavy atom. The molecule has 2 N–H and O–H groups in total. The Kier molecular flexibility index (Phi) is 9.64. The van der Waals surface area contributed by atoms with Gasteiger partial charge >= 0.3 is 0 Å². The fraction of sp³-hybridized carbons (Fsp3) is 0.667. The minimum Gasteiger partial charge on any atom is -0.506 e. The molecule has 6 nitrogen and oxygen atoms in total. The summed E-state index contributed by atoms with van der Waals surface area (Å²) < 4.78 is 0. The van der Waals surface area contributed by atoms with Gasteiger partial charge in [-0.05, 0) is 45.4 Å². The Labute approximate surface area is 187 Å². The molecular weight excluding hydrogens is 465 g/mol. The first kappa shape index (κ1) is 23.1. The summed E-state index contributed by atoms with van der Waals surface area (Å²) in [4.78, 5) is 12.1. The molecule has 0 aromatic heterocycles. The van der Waals surface area contributed by atoms with E-state index in [9.17, 15) is 5.11 Å². The summed E-state index contributed by atoms with van der Waals surface area (Å²) >= 11 is 0. The van der Waals surface area contributed by atoms with Crippen molar-refractivity contribution in [3.05, 3.63) is 24.3 Å². The van der Waals surface area contributed by atoms with Gasteiger partial charge in [0.1, 0.15) is 5.75 Å². The molecule has 0 aliphatic carbocycles. The SMILES string of the molecule is CCNC(=NCCN1CCCCC1C)N1CCN(c2ccccc2O)CC1.I. The maximum absolute atomic E-state index is 10.1. The van der Waals surface area contributed by atoms with Gasteiger partial charge in [-0.2, -0.15) is 0 Å². The monoisotopic (exact) mass is 501 g/mol. The van der Waals surface area contributed by atoms with Crippen molar-refractivity contribution in [3.63, 3.8) is 0 Å². The van der Waals surface area contributed by atoms with E-state index in [0.29, 0.717) is 11.8 Å². The number of aliphatic imine (C=N–C) groups is 1. The smallest absolute Gasteiger partial charge is 0.194 e. The van der Waals surface area contributed by atoms with Crippen molar-refractivity contribution in [1.29, 1.82) is 0 Å². The van der Waals surface area contributed by atoms with Crippen molar-refractivity contribution in [2.45, 2.75) is 39.2 Å². The van der Waals surface area contributed by atoms with E-state index in [0.717, 1.165) is 57.5 Å². The minimum absolute atomic E-state index is 0. The highest BCUT2D eigenvalue weighted by molar-refractivity contribution is 14.0. The normalized spacial score (nSPS) is 21.4. The topological polar surface area (TPSA) is 54.3 Å². The van der Waals surface area contributed by atoms with E-state index in [2.05, 4.69) is 33.9 Å². The molecule has 1 unspecified atom stereocenters. The molecular formula is C21H36IN5O.